The fraction of sp³-hybridized carbons (Fsp3) is 0.364. The summed E-state index contributed by atoms with van der Waals surface area (Å²) in [4.78, 5) is 26.7. The third-order valence-electron chi connectivity index (χ3n) is 5.20. The van der Waals surface area contributed by atoms with Crippen LogP contribution in [0.15, 0.2) is 47.4 Å². The van der Waals surface area contributed by atoms with Crippen LogP contribution in [0.5, 0.6) is 17.2 Å². The van der Waals surface area contributed by atoms with Gasteiger partial charge in [0.25, 0.3) is 5.91 Å². The van der Waals surface area contributed by atoms with E-state index in [1.807, 2.05) is 0 Å². The van der Waals surface area contributed by atoms with Crippen LogP contribution in [0.1, 0.15) is 10.4 Å². The maximum absolute atomic E-state index is 12.7. The summed E-state index contributed by atoms with van der Waals surface area (Å²) in [5, 5.41) is 0. The summed E-state index contributed by atoms with van der Waals surface area (Å²) in [5.41, 5.74) is 0.135. The first-order valence-electron chi connectivity index (χ1n) is 10.1. The lowest BCUT2D eigenvalue weighted by molar-refractivity contribution is -0.135. The lowest BCUT2D eigenvalue weighted by atomic mass is 10.2. The molecule has 0 aliphatic carbocycles. The predicted molar refractivity (Wildman–Crippen MR) is 118 cm³/mol. The normalized spacial score (nSPS) is 14.5. The first-order valence-corrected chi connectivity index (χ1v) is 11.6. The fourth-order valence-electron chi connectivity index (χ4n) is 3.42. The van der Waals surface area contributed by atoms with Gasteiger partial charge in [-0.05, 0) is 24.3 Å². The van der Waals surface area contributed by atoms with Gasteiger partial charge >= 0.3 is 5.97 Å². The minimum atomic E-state index is -3.62. The molecule has 0 radical (unpaired) electrons. The van der Waals surface area contributed by atoms with Crippen molar-refractivity contribution in [3.63, 3.8) is 0 Å². The highest BCUT2D eigenvalue weighted by Gasteiger charge is 2.30. The molecule has 11 heteroatoms. The van der Waals surface area contributed by atoms with Gasteiger partial charge in [-0.15, -0.1) is 0 Å². The molecule has 0 aromatic heterocycles. The summed E-state index contributed by atoms with van der Waals surface area (Å²) >= 11 is 0. The zero-order valence-electron chi connectivity index (χ0n) is 18.6. The molecule has 0 bridgehead atoms. The number of rotatable bonds is 8. The first kappa shape index (κ1) is 24.3. The van der Waals surface area contributed by atoms with E-state index >= 15 is 0 Å². The molecule has 2 aromatic carbocycles. The van der Waals surface area contributed by atoms with Gasteiger partial charge in [-0.2, -0.15) is 4.31 Å². The molecule has 0 saturated carbocycles. The molecular formula is C22H26N2O8S. The van der Waals surface area contributed by atoms with Crippen LogP contribution in [0.2, 0.25) is 0 Å². The topological polar surface area (TPSA) is 112 Å². The minimum Gasteiger partial charge on any atom is -0.493 e. The molecule has 1 amide bonds. The standard InChI is InChI=1S/C22H26N2O8S/c1-29-18-13-16(14-19(30-2)21(18)31-3)22(26)32-15-20(25)23-9-11-24(12-10-23)33(27,28)17-7-5-4-6-8-17/h4-8,13-14H,9-12,15H2,1-3H3. The zero-order valence-corrected chi connectivity index (χ0v) is 19.5. The van der Waals surface area contributed by atoms with Crippen LogP contribution < -0.4 is 14.2 Å². The van der Waals surface area contributed by atoms with E-state index < -0.39 is 28.5 Å². The van der Waals surface area contributed by atoms with Crippen molar-refractivity contribution in [2.45, 2.75) is 4.90 Å². The van der Waals surface area contributed by atoms with E-state index in [0.717, 1.165) is 0 Å². The number of nitrogens with zero attached hydrogens (tertiary/aromatic N) is 2. The molecule has 1 saturated heterocycles. The van der Waals surface area contributed by atoms with Gasteiger partial charge in [-0.1, -0.05) is 18.2 Å². The van der Waals surface area contributed by atoms with Crippen molar-refractivity contribution in [2.75, 3.05) is 54.1 Å². The van der Waals surface area contributed by atoms with Crippen LogP contribution in [0, 0.1) is 0 Å². The summed E-state index contributed by atoms with van der Waals surface area (Å²) in [7, 11) is 0.679. The number of esters is 1. The van der Waals surface area contributed by atoms with Gasteiger partial charge < -0.3 is 23.8 Å². The molecule has 3 rings (SSSR count). The Labute approximate surface area is 192 Å². The fourth-order valence-corrected chi connectivity index (χ4v) is 4.86. The molecule has 1 aliphatic rings. The van der Waals surface area contributed by atoms with E-state index in [2.05, 4.69) is 0 Å². The Morgan fingerprint density at radius 1 is 0.879 bits per heavy atom. The van der Waals surface area contributed by atoms with E-state index in [0.29, 0.717) is 5.75 Å². The zero-order chi connectivity index (χ0) is 24.0. The number of benzene rings is 2. The molecule has 33 heavy (non-hydrogen) atoms. The number of carbonyl (C=O) groups is 2. The average molecular weight is 479 g/mol. The molecule has 0 spiro atoms. The number of methoxy groups -OCH3 is 3. The summed E-state index contributed by atoms with van der Waals surface area (Å²) in [6, 6.07) is 11.0. The van der Waals surface area contributed by atoms with Crippen molar-refractivity contribution in [3.05, 3.63) is 48.0 Å². The van der Waals surface area contributed by atoms with Crippen LogP contribution >= 0.6 is 0 Å². The van der Waals surface area contributed by atoms with E-state index in [-0.39, 0.29) is 48.1 Å². The largest absolute Gasteiger partial charge is 0.493 e. The van der Waals surface area contributed by atoms with Gasteiger partial charge in [0.05, 0.1) is 31.8 Å². The van der Waals surface area contributed by atoms with E-state index in [1.165, 1.54) is 54.8 Å². The van der Waals surface area contributed by atoms with E-state index in [1.54, 1.807) is 18.2 Å². The third-order valence-corrected chi connectivity index (χ3v) is 7.11. The van der Waals surface area contributed by atoms with Gasteiger partial charge in [-0.3, -0.25) is 4.79 Å². The highest BCUT2D eigenvalue weighted by Crippen LogP contribution is 2.38. The molecule has 178 valence electrons. The summed E-state index contributed by atoms with van der Waals surface area (Å²) in [6.45, 7) is 0.244. The van der Waals surface area contributed by atoms with Crippen LogP contribution in [-0.4, -0.2) is 83.6 Å². The maximum Gasteiger partial charge on any atom is 0.338 e. The van der Waals surface area contributed by atoms with Crippen molar-refractivity contribution in [3.8, 4) is 17.2 Å². The van der Waals surface area contributed by atoms with Gasteiger partial charge in [0, 0.05) is 26.2 Å². The van der Waals surface area contributed by atoms with Crippen LogP contribution in [0.4, 0.5) is 0 Å². The van der Waals surface area contributed by atoms with Crippen molar-refractivity contribution in [1.82, 2.24) is 9.21 Å². The Balaban J connectivity index is 1.57. The van der Waals surface area contributed by atoms with Crippen molar-refractivity contribution in [1.29, 1.82) is 0 Å². The molecule has 0 atom stereocenters. The number of hydrogen-bond acceptors (Lipinski definition) is 8. The molecule has 1 aliphatic heterocycles. The quantitative estimate of drug-likeness (QED) is 0.524. The average Bonchev–Trinajstić information content (AvgIpc) is 2.86. The number of piperazine rings is 1. The van der Waals surface area contributed by atoms with Crippen molar-refractivity contribution >= 4 is 21.9 Å². The second-order valence-electron chi connectivity index (χ2n) is 7.09. The van der Waals surface area contributed by atoms with Crippen LogP contribution in [0.3, 0.4) is 0 Å². The maximum atomic E-state index is 12.7. The Morgan fingerprint density at radius 3 is 1.97 bits per heavy atom. The van der Waals surface area contributed by atoms with Gasteiger partial charge in [-0.25, -0.2) is 13.2 Å². The van der Waals surface area contributed by atoms with Crippen molar-refractivity contribution < 1.29 is 37.0 Å². The summed E-state index contributed by atoms with van der Waals surface area (Å²) < 4.78 is 47.6. The molecule has 1 fully saturated rings. The first-order chi connectivity index (χ1) is 15.8. The monoisotopic (exact) mass is 478 g/mol. The number of carbonyl (C=O) groups excluding carboxylic acids is 2. The van der Waals surface area contributed by atoms with Gasteiger partial charge in [0.1, 0.15) is 0 Å². The number of amides is 1. The minimum absolute atomic E-state index is 0.135. The molecule has 1 heterocycles. The van der Waals surface area contributed by atoms with E-state index in [4.69, 9.17) is 18.9 Å². The van der Waals surface area contributed by atoms with Crippen LogP contribution in [-0.2, 0) is 19.6 Å². The van der Waals surface area contributed by atoms with Crippen LogP contribution in [0.25, 0.3) is 0 Å². The summed E-state index contributed by atoms with van der Waals surface area (Å²) in [6.07, 6.45) is 0. The van der Waals surface area contributed by atoms with Crippen molar-refractivity contribution in [2.24, 2.45) is 0 Å². The molecule has 0 unspecified atom stereocenters. The second-order valence-corrected chi connectivity index (χ2v) is 9.03. The van der Waals surface area contributed by atoms with E-state index in [9.17, 15) is 18.0 Å². The highest BCUT2D eigenvalue weighted by molar-refractivity contribution is 7.89. The summed E-state index contributed by atoms with van der Waals surface area (Å²) in [5.74, 6) is -0.242. The highest BCUT2D eigenvalue weighted by atomic mass is 32.2. The Kier molecular flexibility index (Phi) is 7.77. The number of ether oxygens (including phenoxy) is 4. The number of sulfonamides is 1. The molecule has 2 aromatic rings. The Morgan fingerprint density at radius 2 is 1.45 bits per heavy atom. The Hall–Kier alpha value is -3.31. The van der Waals surface area contributed by atoms with Gasteiger partial charge in [0.2, 0.25) is 15.8 Å². The molecule has 10 nitrogen and oxygen atoms in total. The lowest BCUT2D eigenvalue weighted by Gasteiger charge is -2.33. The number of hydrogen-bond donors (Lipinski definition) is 0. The SMILES string of the molecule is COc1cc(C(=O)OCC(=O)N2CCN(S(=O)(=O)c3ccccc3)CC2)cc(OC)c1OC. The third kappa shape index (κ3) is 5.37. The predicted octanol–water partition coefficient (Wildman–Crippen LogP) is 1.40. The molecule has 0 N–H and O–H groups in total. The molecular weight excluding hydrogens is 452 g/mol. The van der Waals surface area contributed by atoms with Gasteiger partial charge in [0.15, 0.2) is 18.1 Å². The second kappa shape index (κ2) is 10.5. The smallest absolute Gasteiger partial charge is 0.338 e. The Bertz CT molecular complexity index is 1070. The lowest BCUT2D eigenvalue weighted by Crippen LogP contribution is -2.51.